The Morgan fingerprint density at radius 1 is 1.44 bits per heavy atom. The summed E-state index contributed by atoms with van der Waals surface area (Å²) in [5.74, 6) is 0.979. The van der Waals surface area contributed by atoms with Gasteiger partial charge in [0.05, 0.1) is 13.2 Å². The van der Waals surface area contributed by atoms with Gasteiger partial charge in [0.25, 0.3) is 0 Å². The number of para-hydroxylation sites is 1. The van der Waals surface area contributed by atoms with Crippen LogP contribution in [0.5, 0.6) is 5.75 Å². The van der Waals surface area contributed by atoms with Crippen LogP contribution >= 0.6 is 0 Å². The highest BCUT2D eigenvalue weighted by molar-refractivity contribution is 5.34. The molecule has 0 bridgehead atoms. The van der Waals surface area contributed by atoms with E-state index in [9.17, 15) is 0 Å². The first-order valence-electron chi connectivity index (χ1n) is 6.60. The van der Waals surface area contributed by atoms with Crippen molar-refractivity contribution in [3.8, 4) is 5.75 Å². The Balaban J connectivity index is 2.23. The van der Waals surface area contributed by atoms with E-state index in [1.165, 1.54) is 5.56 Å². The fourth-order valence-electron chi connectivity index (χ4n) is 2.93. The van der Waals surface area contributed by atoms with Gasteiger partial charge >= 0.3 is 0 Å². The van der Waals surface area contributed by atoms with Crippen LogP contribution in [0.4, 0.5) is 0 Å². The molecule has 1 heterocycles. The second kappa shape index (κ2) is 5.72. The maximum atomic E-state index is 5.79. The molecule has 0 spiro atoms. The third-order valence-electron chi connectivity index (χ3n) is 4.09. The second-order valence-electron chi connectivity index (χ2n) is 5.14. The summed E-state index contributed by atoms with van der Waals surface area (Å²) < 4.78 is 11.2. The Labute approximate surface area is 109 Å². The zero-order valence-corrected chi connectivity index (χ0v) is 11.5. The van der Waals surface area contributed by atoms with Crippen LogP contribution in [0.25, 0.3) is 0 Å². The van der Waals surface area contributed by atoms with Crippen molar-refractivity contribution in [1.29, 1.82) is 0 Å². The molecule has 0 aromatic heterocycles. The van der Waals surface area contributed by atoms with Gasteiger partial charge in [0.15, 0.2) is 0 Å². The lowest BCUT2D eigenvalue weighted by Crippen LogP contribution is -2.40. The van der Waals surface area contributed by atoms with Gasteiger partial charge in [-0.05, 0) is 38.4 Å². The zero-order valence-electron chi connectivity index (χ0n) is 11.5. The second-order valence-corrected chi connectivity index (χ2v) is 5.14. The molecular weight excluding hydrogens is 226 g/mol. The molecule has 0 saturated carbocycles. The third kappa shape index (κ3) is 2.52. The number of benzene rings is 1. The molecule has 2 rings (SSSR count). The molecule has 1 aromatic carbocycles. The molecule has 2 atom stereocenters. The quantitative estimate of drug-likeness (QED) is 0.868. The average Bonchev–Trinajstić information content (AvgIpc) is 2.72. The van der Waals surface area contributed by atoms with Crippen molar-refractivity contribution < 1.29 is 9.47 Å². The Morgan fingerprint density at radius 3 is 2.83 bits per heavy atom. The number of hydrogen-bond donors (Lipinski definition) is 1. The number of rotatable bonds is 5. The van der Waals surface area contributed by atoms with Crippen molar-refractivity contribution in [3.05, 3.63) is 29.8 Å². The van der Waals surface area contributed by atoms with E-state index in [2.05, 4.69) is 24.4 Å². The molecule has 1 saturated heterocycles. The number of nitrogens with one attached hydrogen (secondary N) is 1. The van der Waals surface area contributed by atoms with E-state index >= 15 is 0 Å². The maximum Gasteiger partial charge on any atom is 0.122 e. The lowest BCUT2D eigenvalue weighted by molar-refractivity contribution is 0.0637. The Kier molecular flexibility index (Phi) is 4.25. The summed E-state index contributed by atoms with van der Waals surface area (Å²) in [5, 5.41) is 3.32. The molecule has 1 aliphatic heterocycles. The fraction of sp³-hybridized carbons (Fsp3) is 0.600. The van der Waals surface area contributed by atoms with Crippen LogP contribution in [-0.2, 0) is 11.2 Å². The van der Waals surface area contributed by atoms with Crippen molar-refractivity contribution in [3.63, 3.8) is 0 Å². The van der Waals surface area contributed by atoms with Gasteiger partial charge < -0.3 is 14.8 Å². The zero-order chi connectivity index (χ0) is 13.0. The first kappa shape index (κ1) is 13.4. The van der Waals surface area contributed by atoms with Gasteiger partial charge in [0, 0.05) is 18.6 Å². The average molecular weight is 249 g/mol. The topological polar surface area (TPSA) is 30.5 Å². The summed E-state index contributed by atoms with van der Waals surface area (Å²) >= 11 is 0. The molecule has 1 aromatic rings. The summed E-state index contributed by atoms with van der Waals surface area (Å²) in [6, 6.07) is 8.28. The van der Waals surface area contributed by atoms with Crippen LogP contribution in [0.15, 0.2) is 24.3 Å². The predicted molar refractivity (Wildman–Crippen MR) is 73.1 cm³/mol. The SMILES string of the molecule is CNCC1(Cc2ccccc2OC)CCOC1C. The van der Waals surface area contributed by atoms with E-state index in [1.807, 2.05) is 19.2 Å². The van der Waals surface area contributed by atoms with Gasteiger partial charge in [-0.3, -0.25) is 0 Å². The van der Waals surface area contributed by atoms with Gasteiger partial charge in [-0.2, -0.15) is 0 Å². The molecule has 1 fully saturated rings. The standard InChI is InChI=1S/C15H23NO2/c1-12-15(11-16-2,8-9-18-12)10-13-6-4-5-7-14(13)17-3/h4-7,12,16H,8-11H2,1-3H3. The summed E-state index contributed by atoms with van der Waals surface area (Å²) in [7, 11) is 3.74. The summed E-state index contributed by atoms with van der Waals surface area (Å²) in [5.41, 5.74) is 1.45. The first-order valence-corrected chi connectivity index (χ1v) is 6.60. The number of methoxy groups -OCH3 is 1. The largest absolute Gasteiger partial charge is 0.496 e. The summed E-state index contributed by atoms with van der Waals surface area (Å²) in [4.78, 5) is 0. The molecular formula is C15H23NO2. The molecule has 100 valence electrons. The van der Waals surface area contributed by atoms with Crippen LogP contribution in [0.1, 0.15) is 18.9 Å². The number of hydrogen-bond acceptors (Lipinski definition) is 3. The van der Waals surface area contributed by atoms with E-state index in [0.717, 1.165) is 31.7 Å². The summed E-state index contributed by atoms with van der Waals surface area (Å²) in [6.45, 7) is 4.02. The van der Waals surface area contributed by atoms with Crippen LogP contribution in [0.3, 0.4) is 0 Å². The normalized spacial score (nSPS) is 27.4. The maximum absolute atomic E-state index is 5.79. The predicted octanol–water partition coefficient (Wildman–Crippen LogP) is 2.25. The lowest BCUT2D eigenvalue weighted by Gasteiger charge is -2.32. The molecule has 0 radical (unpaired) electrons. The smallest absolute Gasteiger partial charge is 0.122 e. The Morgan fingerprint density at radius 2 is 2.22 bits per heavy atom. The minimum Gasteiger partial charge on any atom is -0.496 e. The molecule has 3 heteroatoms. The van der Waals surface area contributed by atoms with Crippen molar-refractivity contribution in [1.82, 2.24) is 5.32 Å². The third-order valence-corrected chi connectivity index (χ3v) is 4.09. The molecule has 0 aliphatic carbocycles. The molecule has 1 aliphatic rings. The first-order chi connectivity index (χ1) is 8.72. The van der Waals surface area contributed by atoms with E-state index in [1.54, 1.807) is 7.11 Å². The highest BCUT2D eigenvalue weighted by atomic mass is 16.5. The Hall–Kier alpha value is -1.06. The minimum absolute atomic E-state index is 0.184. The molecule has 0 amide bonds. The minimum atomic E-state index is 0.184. The van der Waals surface area contributed by atoms with Crippen LogP contribution < -0.4 is 10.1 Å². The van der Waals surface area contributed by atoms with Crippen molar-refractivity contribution in [2.75, 3.05) is 27.3 Å². The van der Waals surface area contributed by atoms with Crippen molar-refractivity contribution in [2.24, 2.45) is 5.41 Å². The fourth-order valence-corrected chi connectivity index (χ4v) is 2.93. The van der Waals surface area contributed by atoms with Gasteiger partial charge in [0.1, 0.15) is 5.75 Å². The van der Waals surface area contributed by atoms with E-state index in [0.29, 0.717) is 0 Å². The van der Waals surface area contributed by atoms with E-state index in [4.69, 9.17) is 9.47 Å². The van der Waals surface area contributed by atoms with Crippen LogP contribution in [0, 0.1) is 5.41 Å². The monoisotopic (exact) mass is 249 g/mol. The van der Waals surface area contributed by atoms with Crippen molar-refractivity contribution >= 4 is 0 Å². The van der Waals surface area contributed by atoms with Gasteiger partial charge in [-0.15, -0.1) is 0 Å². The molecule has 3 nitrogen and oxygen atoms in total. The lowest BCUT2D eigenvalue weighted by atomic mass is 9.76. The Bertz CT molecular complexity index is 394. The van der Waals surface area contributed by atoms with Gasteiger partial charge in [-0.25, -0.2) is 0 Å². The van der Waals surface area contributed by atoms with E-state index < -0.39 is 0 Å². The van der Waals surface area contributed by atoms with Crippen LogP contribution in [0.2, 0.25) is 0 Å². The van der Waals surface area contributed by atoms with E-state index in [-0.39, 0.29) is 11.5 Å². The molecule has 2 unspecified atom stereocenters. The molecule has 1 N–H and O–H groups in total. The van der Waals surface area contributed by atoms with Crippen molar-refractivity contribution in [2.45, 2.75) is 25.9 Å². The number of ether oxygens (including phenoxy) is 2. The van der Waals surface area contributed by atoms with Gasteiger partial charge in [0.2, 0.25) is 0 Å². The highest BCUT2D eigenvalue weighted by Gasteiger charge is 2.41. The summed E-state index contributed by atoms with van der Waals surface area (Å²) in [6.07, 6.45) is 2.39. The van der Waals surface area contributed by atoms with Crippen LogP contribution in [-0.4, -0.2) is 33.4 Å². The molecule has 18 heavy (non-hydrogen) atoms. The highest BCUT2D eigenvalue weighted by Crippen LogP contribution is 2.39. The van der Waals surface area contributed by atoms with Gasteiger partial charge in [-0.1, -0.05) is 18.2 Å².